The number of aliphatic imine (C=N–C) groups is 4. The molecule has 1 aromatic rings. The summed E-state index contributed by atoms with van der Waals surface area (Å²) in [4.78, 5) is 15.4. The fourth-order valence-electron chi connectivity index (χ4n) is 1.76. The van der Waals surface area contributed by atoms with Crippen molar-refractivity contribution in [2.24, 2.45) is 20.0 Å². The molecule has 0 saturated heterocycles. The first-order chi connectivity index (χ1) is 14.4. The molecule has 0 fully saturated rings. The smallest absolute Gasteiger partial charge is 0.176 e. The van der Waals surface area contributed by atoms with Gasteiger partial charge in [0.1, 0.15) is 48.8 Å². The lowest BCUT2D eigenvalue weighted by Crippen LogP contribution is -2.08. The van der Waals surface area contributed by atoms with E-state index in [-0.39, 0.29) is 22.7 Å². The van der Waals surface area contributed by atoms with Gasteiger partial charge in [-0.25, -0.2) is 20.0 Å². The van der Waals surface area contributed by atoms with Crippen LogP contribution in [0, 0.1) is 78.8 Å². The molecule has 138 valence electrons. The van der Waals surface area contributed by atoms with Crippen LogP contribution in [0.15, 0.2) is 32.1 Å². The normalized spacial score (nSPS) is 10.9. The van der Waals surface area contributed by atoms with Gasteiger partial charge in [0.25, 0.3) is 0 Å². The van der Waals surface area contributed by atoms with Crippen molar-refractivity contribution in [2.45, 2.75) is 0 Å². The van der Waals surface area contributed by atoms with Crippen LogP contribution >= 0.6 is 0 Å². The van der Waals surface area contributed by atoms with Gasteiger partial charge in [0, 0.05) is 0 Å². The zero-order valence-electron chi connectivity index (χ0n) is 14.8. The third-order valence-electron chi connectivity index (χ3n) is 2.97. The van der Waals surface area contributed by atoms with E-state index >= 15 is 0 Å². The van der Waals surface area contributed by atoms with E-state index in [1.54, 1.807) is 24.3 Å². The fraction of sp³-hybridized carbons (Fsp3) is 0. The summed E-state index contributed by atoms with van der Waals surface area (Å²) < 4.78 is 0. The SMILES string of the molecule is N#CC=Nc1cc(N=C(C#N)C(=N)C#N)c(N=C(C#N)C(=N)C#N)cc1N=CC#N. The molecule has 0 radical (unpaired) electrons. The Balaban J connectivity index is 4.01. The molecular formula is C18H6N12. The molecule has 1 aromatic carbocycles. The summed E-state index contributed by atoms with van der Waals surface area (Å²) in [6.07, 6.45) is 1.73. The topological polar surface area (TPSA) is 240 Å². The van der Waals surface area contributed by atoms with Crippen LogP contribution in [-0.4, -0.2) is 35.3 Å². The molecule has 30 heavy (non-hydrogen) atoms. The van der Waals surface area contributed by atoms with E-state index in [1.165, 1.54) is 24.3 Å². The molecule has 0 amide bonds. The van der Waals surface area contributed by atoms with Crippen LogP contribution in [0.25, 0.3) is 0 Å². The molecule has 0 aliphatic rings. The van der Waals surface area contributed by atoms with Crippen molar-refractivity contribution in [2.75, 3.05) is 0 Å². The molecule has 2 N–H and O–H groups in total. The van der Waals surface area contributed by atoms with Gasteiger partial charge in [0.05, 0.1) is 22.7 Å². The minimum Gasteiger partial charge on any atom is -0.288 e. The fourth-order valence-corrected chi connectivity index (χ4v) is 1.76. The zero-order valence-corrected chi connectivity index (χ0v) is 14.8. The van der Waals surface area contributed by atoms with Gasteiger partial charge in [-0.1, -0.05) is 0 Å². The van der Waals surface area contributed by atoms with Crippen LogP contribution in [0.1, 0.15) is 0 Å². The number of nitrogens with one attached hydrogen (secondary N) is 2. The van der Waals surface area contributed by atoms with Crippen LogP contribution in [0.3, 0.4) is 0 Å². The maximum Gasteiger partial charge on any atom is 0.176 e. The second kappa shape index (κ2) is 11.0. The summed E-state index contributed by atoms with van der Waals surface area (Å²) in [6.45, 7) is 0. The molecule has 0 aliphatic heterocycles. The molecule has 12 heteroatoms. The zero-order chi connectivity index (χ0) is 22.5. The number of rotatable bonds is 6. The van der Waals surface area contributed by atoms with Crippen LogP contribution < -0.4 is 0 Å². The highest BCUT2D eigenvalue weighted by atomic mass is 14.9. The lowest BCUT2D eigenvalue weighted by atomic mass is 10.2. The summed E-state index contributed by atoms with van der Waals surface area (Å²) in [5.74, 6) is 0. The van der Waals surface area contributed by atoms with Gasteiger partial charge >= 0.3 is 0 Å². The van der Waals surface area contributed by atoms with E-state index in [9.17, 15) is 0 Å². The van der Waals surface area contributed by atoms with Gasteiger partial charge in [-0.2, -0.15) is 31.6 Å². The molecule has 0 atom stereocenters. The minimum absolute atomic E-state index is 0.0235. The minimum atomic E-state index is -0.744. The van der Waals surface area contributed by atoms with E-state index in [0.717, 1.165) is 12.4 Å². The van der Waals surface area contributed by atoms with Crippen molar-refractivity contribution in [1.29, 1.82) is 42.4 Å². The first-order valence-electron chi connectivity index (χ1n) is 7.43. The average molecular weight is 390 g/mol. The standard InChI is InChI=1S/C18H6N12/c19-1-3-27-13-5-15(29-17(9-23)11(25)7-21)16(6-14(13)28-4-2-20)30-18(10-24)12(26)8-22/h3-6,25-26H. The van der Waals surface area contributed by atoms with Crippen LogP contribution in [0.4, 0.5) is 22.7 Å². The van der Waals surface area contributed by atoms with Crippen LogP contribution in [-0.2, 0) is 0 Å². The molecule has 0 bridgehead atoms. The summed E-state index contributed by atoms with van der Waals surface area (Å²) in [6, 6.07) is 11.8. The second-order valence-corrected chi connectivity index (χ2v) is 4.72. The maximum absolute atomic E-state index is 9.15. The van der Waals surface area contributed by atoms with Gasteiger partial charge < -0.3 is 0 Å². The van der Waals surface area contributed by atoms with Gasteiger partial charge in [0.15, 0.2) is 22.8 Å². The van der Waals surface area contributed by atoms with Crippen molar-refractivity contribution >= 4 is 58.0 Å². The third-order valence-corrected chi connectivity index (χ3v) is 2.97. The molecule has 0 unspecified atom stereocenters. The van der Waals surface area contributed by atoms with E-state index in [4.69, 9.17) is 42.4 Å². The predicted molar refractivity (Wildman–Crippen MR) is 106 cm³/mol. The summed E-state index contributed by atoms with van der Waals surface area (Å²) in [5.41, 5.74) is -2.92. The Hall–Kier alpha value is -5.82. The van der Waals surface area contributed by atoms with E-state index in [0.29, 0.717) is 0 Å². The summed E-state index contributed by atoms with van der Waals surface area (Å²) in [5, 5.41) is 68.3. The Bertz CT molecular complexity index is 1180. The highest BCUT2D eigenvalue weighted by Gasteiger charge is 2.14. The van der Waals surface area contributed by atoms with Gasteiger partial charge in [-0.15, -0.1) is 0 Å². The lowest BCUT2D eigenvalue weighted by Gasteiger charge is -2.07. The van der Waals surface area contributed by atoms with Crippen LogP contribution in [0.2, 0.25) is 0 Å². The number of hydrogen-bond donors (Lipinski definition) is 2. The average Bonchev–Trinajstić information content (AvgIpc) is 2.77. The lowest BCUT2D eigenvalue weighted by molar-refractivity contribution is 1.39. The Morgan fingerprint density at radius 3 is 1.27 bits per heavy atom. The van der Waals surface area contributed by atoms with Crippen molar-refractivity contribution in [3.63, 3.8) is 0 Å². The molecule has 0 aliphatic carbocycles. The maximum atomic E-state index is 9.15. The van der Waals surface area contributed by atoms with Gasteiger partial charge in [0.2, 0.25) is 0 Å². The monoisotopic (exact) mass is 390 g/mol. The van der Waals surface area contributed by atoms with Crippen LogP contribution in [0.5, 0.6) is 0 Å². The molecular weight excluding hydrogens is 384 g/mol. The largest absolute Gasteiger partial charge is 0.288 e. The summed E-state index contributed by atoms with van der Waals surface area (Å²) >= 11 is 0. The van der Waals surface area contributed by atoms with E-state index in [1.807, 2.05) is 0 Å². The molecule has 0 saturated carbocycles. The number of nitriles is 6. The predicted octanol–water partition coefficient (Wildman–Crippen LogP) is 2.42. The van der Waals surface area contributed by atoms with Gasteiger partial charge in [-0.05, 0) is 12.1 Å². The number of hydrogen-bond acceptors (Lipinski definition) is 12. The first-order valence-corrected chi connectivity index (χ1v) is 7.43. The van der Waals surface area contributed by atoms with E-state index in [2.05, 4.69) is 20.0 Å². The molecule has 0 heterocycles. The molecule has 12 nitrogen and oxygen atoms in total. The molecule has 0 aromatic heterocycles. The highest BCUT2D eigenvalue weighted by molar-refractivity contribution is 6.53. The third kappa shape index (κ3) is 5.59. The quantitative estimate of drug-likeness (QED) is 0.690. The first kappa shape index (κ1) is 22.2. The van der Waals surface area contributed by atoms with Crippen molar-refractivity contribution in [1.82, 2.24) is 0 Å². The second-order valence-electron chi connectivity index (χ2n) is 4.72. The molecule has 0 spiro atoms. The Morgan fingerprint density at radius 1 is 0.633 bits per heavy atom. The summed E-state index contributed by atoms with van der Waals surface area (Å²) in [7, 11) is 0. The van der Waals surface area contributed by atoms with Crippen molar-refractivity contribution in [3.8, 4) is 36.4 Å². The Morgan fingerprint density at radius 2 is 1.00 bits per heavy atom. The Kier molecular flexibility index (Phi) is 8.16. The number of benzene rings is 1. The van der Waals surface area contributed by atoms with E-state index < -0.39 is 22.8 Å². The number of nitrogens with zero attached hydrogens (tertiary/aromatic N) is 10. The highest BCUT2D eigenvalue weighted by Crippen LogP contribution is 2.40. The van der Waals surface area contributed by atoms with Gasteiger partial charge in [-0.3, -0.25) is 10.8 Å². The molecule has 1 rings (SSSR count). The van der Waals surface area contributed by atoms with Crippen molar-refractivity contribution < 1.29 is 0 Å². The Labute approximate surface area is 169 Å². The van der Waals surface area contributed by atoms with Crippen molar-refractivity contribution in [3.05, 3.63) is 12.1 Å².